The van der Waals surface area contributed by atoms with Crippen molar-refractivity contribution in [2.75, 3.05) is 0 Å². The zero-order valence-corrected chi connectivity index (χ0v) is 12.1. The third kappa shape index (κ3) is 2.01. The highest BCUT2D eigenvalue weighted by Crippen LogP contribution is 2.46. The second-order valence-corrected chi connectivity index (χ2v) is 5.44. The van der Waals surface area contributed by atoms with Crippen molar-refractivity contribution in [1.82, 2.24) is 5.16 Å². The van der Waals surface area contributed by atoms with Gasteiger partial charge in [-0.1, -0.05) is 66.3 Å². The number of rotatable bonds is 2. The number of hydrogen-bond acceptors (Lipinski definition) is 2. The number of hydrogen-bond donors (Lipinski definition) is 0. The van der Waals surface area contributed by atoms with E-state index in [-0.39, 0.29) is 5.92 Å². The molecule has 1 aromatic heterocycles. The molecule has 0 N–H and O–H groups in total. The van der Waals surface area contributed by atoms with Gasteiger partial charge in [-0.05, 0) is 33.9 Å². The lowest BCUT2D eigenvalue weighted by Crippen LogP contribution is -2.10. The van der Waals surface area contributed by atoms with Crippen LogP contribution in [0.4, 0.5) is 0 Å². The Kier molecular flexibility index (Phi) is 3.01. The molecule has 0 aliphatic heterocycles. The fraction of sp³-hybridized carbons (Fsp3) is 0.0500. The lowest BCUT2D eigenvalue weighted by atomic mass is 9.76. The molecule has 3 aromatic rings. The second kappa shape index (κ2) is 5.15. The highest BCUT2D eigenvalue weighted by Gasteiger charge is 2.29. The van der Waals surface area contributed by atoms with Crippen LogP contribution in [0, 0.1) is 0 Å². The molecular formula is C20H15NO. The van der Waals surface area contributed by atoms with E-state index in [1.807, 2.05) is 18.2 Å². The summed E-state index contributed by atoms with van der Waals surface area (Å²) in [5.41, 5.74) is 6.73. The first-order valence-corrected chi connectivity index (χ1v) is 7.30. The van der Waals surface area contributed by atoms with E-state index < -0.39 is 0 Å². The molecular weight excluding hydrogens is 270 g/mol. The van der Waals surface area contributed by atoms with Gasteiger partial charge in [-0.2, -0.15) is 0 Å². The fourth-order valence-corrected chi connectivity index (χ4v) is 3.10. The van der Waals surface area contributed by atoms with Crippen LogP contribution in [0.15, 0.2) is 78.0 Å². The lowest BCUT2D eigenvalue weighted by Gasteiger charge is -2.27. The van der Waals surface area contributed by atoms with Crippen LogP contribution >= 0.6 is 0 Å². The molecule has 0 fully saturated rings. The van der Waals surface area contributed by atoms with Crippen LogP contribution in [0.2, 0.25) is 0 Å². The molecule has 4 rings (SSSR count). The highest BCUT2D eigenvalue weighted by atomic mass is 16.5. The summed E-state index contributed by atoms with van der Waals surface area (Å²) >= 11 is 0. The number of aromatic nitrogens is 1. The molecule has 1 heterocycles. The van der Waals surface area contributed by atoms with Crippen LogP contribution in [0.25, 0.3) is 17.2 Å². The Bertz CT molecular complexity index is 844. The third-order valence-corrected chi connectivity index (χ3v) is 4.14. The van der Waals surface area contributed by atoms with Gasteiger partial charge in [0.1, 0.15) is 6.26 Å². The summed E-state index contributed by atoms with van der Waals surface area (Å²) in [7, 11) is 0. The Balaban J connectivity index is 1.95. The molecule has 2 nitrogen and oxygen atoms in total. The molecule has 0 saturated carbocycles. The molecule has 22 heavy (non-hydrogen) atoms. The maximum atomic E-state index is 5.07. The first-order chi connectivity index (χ1) is 10.8. The average Bonchev–Trinajstić information content (AvgIpc) is 3.10. The summed E-state index contributed by atoms with van der Waals surface area (Å²) in [5.74, 6) is 0.0241. The van der Waals surface area contributed by atoms with Crippen LogP contribution in [0.3, 0.4) is 0 Å². The van der Waals surface area contributed by atoms with Crippen molar-refractivity contribution >= 4 is 17.2 Å². The predicted molar refractivity (Wildman–Crippen MR) is 89.0 cm³/mol. The minimum absolute atomic E-state index is 0.0241. The molecule has 2 aromatic carbocycles. The van der Waals surface area contributed by atoms with E-state index in [9.17, 15) is 0 Å². The molecule has 1 unspecified atom stereocenters. The van der Waals surface area contributed by atoms with Crippen LogP contribution < -0.4 is 0 Å². The van der Waals surface area contributed by atoms with Crippen molar-refractivity contribution in [3.05, 3.63) is 95.9 Å². The number of allylic oxidation sites excluding steroid dienone is 2. The molecule has 1 atom stereocenters. The summed E-state index contributed by atoms with van der Waals surface area (Å²) in [6, 6.07) is 20.7. The molecule has 1 aliphatic carbocycles. The van der Waals surface area contributed by atoms with Gasteiger partial charge >= 0.3 is 0 Å². The summed E-state index contributed by atoms with van der Waals surface area (Å²) < 4.78 is 5.07. The van der Waals surface area contributed by atoms with E-state index in [2.05, 4.69) is 60.3 Å². The summed E-state index contributed by atoms with van der Waals surface area (Å²) in [6.07, 6.45) is 3.85. The van der Waals surface area contributed by atoms with Gasteiger partial charge in [0.15, 0.2) is 0 Å². The third-order valence-electron chi connectivity index (χ3n) is 4.14. The number of nitrogens with zero attached hydrogens (tertiary/aromatic N) is 1. The summed E-state index contributed by atoms with van der Waals surface area (Å²) in [5, 5.41) is 4.16. The van der Waals surface area contributed by atoms with E-state index in [1.165, 1.54) is 22.3 Å². The molecule has 0 amide bonds. The van der Waals surface area contributed by atoms with E-state index in [1.54, 1.807) is 6.26 Å². The van der Waals surface area contributed by atoms with Crippen molar-refractivity contribution in [3.63, 3.8) is 0 Å². The van der Waals surface area contributed by atoms with Crippen LogP contribution in [0.5, 0.6) is 0 Å². The van der Waals surface area contributed by atoms with E-state index >= 15 is 0 Å². The molecule has 2 heteroatoms. The fourth-order valence-electron chi connectivity index (χ4n) is 3.10. The lowest BCUT2D eigenvalue weighted by molar-refractivity contribution is 0.412. The van der Waals surface area contributed by atoms with Crippen molar-refractivity contribution in [2.24, 2.45) is 0 Å². The first kappa shape index (κ1) is 12.8. The van der Waals surface area contributed by atoms with Crippen LogP contribution in [0.1, 0.15) is 28.3 Å². The minimum Gasteiger partial charge on any atom is -0.364 e. The summed E-state index contributed by atoms with van der Waals surface area (Å²) in [4.78, 5) is 0. The molecule has 1 aliphatic rings. The van der Waals surface area contributed by atoms with E-state index in [0.717, 1.165) is 11.3 Å². The Morgan fingerprint density at radius 3 is 2.45 bits per heavy atom. The van der Waals surface area contributed by atoms with Gasteiger partial charge in [-0.15, -0.1) is 0 Å². The van der Waals surface area contributed by atoms with Gasteiger partial charge < -0.3 is 4.52 Å². The molecule has 0 radical (unpaired) electrons. The van der Waals surface area contributed by atoms with Gasteiger partial charge in [-0.3, -0.25) is 0 Å². The monoisotopic (exact) mass is 285 g/mol. The average molecular weight is 285 g/mol. The summed E-state index contributed by atoms with van der Waals surface area (Å²) in [6.45, 7) is 4.35. The second-order valence-electron chi connectivity index (χ2n) is 5.44. The van der Waals surface area contributed by atoms with Crippen molar-refractivity contribution in [2.45, 2.75) is 5.92 Å². The standard InChI is InChI=1S/C20H15NO/c1-14-17-10-6-5-9-16(17)13-18(15-7-3-2-4-8-15)20(14)19-11-12-22-21-19/h2-13,20H,1H2. The normalized spacial score (nSPS) is 17.0. The van der Waals surface area contributed by atoms with Crippen molar-refractivity contribution < 1.29 is 4.52 Å². The smallest absolute Gasteiger partial charge is 0.124 e. The largest absolute Gasteiger partial charge is 0.364 e. The van der Waals surface area contributed by atoms with E-state index in [0.29, 0.717) is 0 Å². The zero-order valence-electron chi connectivity index (χ0n) is 12.1. The maximum Gasteiger partial charge on any atom is 0.124 e. The maximum absolute atomic E-state index is 5.07. The predicted octanol–water partition coefficient (Wildman–Crippen LogP) is 5.03. The molecule has 0 bridgehead atoms. The Morgan fingerprint density at radius 2 is 1.68 bits per heavy atom. The van der Waals surface area contributed by atoms with E-state index in [4.69, 9.17) is 4.52 Å². The highest BCUT2D eigenvalue weighted by molar-refractivity contribution is 6.00. The van der Waals surface area contributed by atoms with Crippen molar-refractivity contribution in [3.8, 4) is 0 Å². The van der Waals surface area contributed by atoms with Gasteiger partial charge in [0.25, 0.3) is 0 Å². The van der Waals surface area contributed by atoms with Crippen molar-refractivity contribution in [1.29, 1.82) is 0 Å². The number of benzene rings is 2. The molecule has 0 spiro atoms. The van der Waals surface area contributed by atoms with Gasteiger partial charge in [0, 0.05) is 6.07 Å². The van der Waals surface area contributed by atoms with Gasteiger partial charge in [0.05, 0.1) is 11.6 Å². The quantitative estimate of drug-likeness (QED) is 0.660. The minimum atomic E-state index is 0.0241. The van der Waals surface area contributed by atoms with Crippen LogP contribution in [-0.4, -0.2) is 5.16 Å². The van der Waals surface area contributed by atoms with Crippen LogP contribution in [-0.2, 0) is 0 Å². The molecule has 0 saturated heterocycles. The SMILES string of the molecule is C=C1c2ccccc2C=C(c2ccccc2)C1c1ccon1. The number of fused-ring (bicyclic) bond motifs is 1. The van der Waals surface area contributed by atoms with Gasteiger partial charge in [-0.25, -0.2) is 0 Å². The Morgan fingerprint density at radius 1 is 0.909 bits per heavy atom. The topological polar surface area (TPSA) is 26.0 Å². The first-order valence-electron chi connectivity index (χ1n) is 7.30. The Labute approximate surface area is 129 Å². The Hall–Kier alpha value is -2.87. The van der Waals surface area contributed by atoms with Gasteiger partial charge in [0.2, 0.25) is 0 Å². The molecule has 106 valence electrons. The zero-order chi connectivity index (χ0) is 14.9.